The number of nitrogen functional groups attached to an aromatic ring is 1. The average Bonchev–Trinajstić information content (AvgIpc) is 2.68. The Morgan fingerprint density at radius 2 is 2.11 bits per heavy atom. The van der Waals surface area contributed by atoms with Crippen molar-refractivity contribution in [1.82, 2.24) is 25.8 Å². The third kappa shape index (κ3) is 4.04. The normalized spacial score (nSPS) is 12.2. The van der Waals surface area contributed by atoms with E-state index in [2.05, 4.69) is 25.8 Å². The molecule has 0 bridgehead atoms. The van der Waals surface area contributed by atoms with E-state index < -0.39 is 6.04 Å². The van der Waals surface area contributed by atoms with Crippen molar-refractivity contribution in [2.45, 2.75) is 33.4 Å². The molecule has 8 nitrogen and oxygen atoms in total. The number of aromatic nitrogens is 3. The molecule has 18 heavy (non-hydrogen) atoms. The fourth-order valence-corrected chi connectivity index (χ4v) is 1.42. The summed E-state index contributed by atoms with van der Waals surface area (Å²) in [5, 5.41) is 11.5. The standard InChI is InChI=1S/C10H18N6O2/c1-5(2)8(13-6(3)17)9(18)12-4-7-14-10(11)16-15-7/h5,8H,4H2,1-3H3,(H,12,18)(H,13,17)(H3,11,14,15,16)/t8-/m1/s1. The third-order valence-electron chi connectivity index (χ3n) is 2.29. The summed E-state index contributed by atoms with van der Waals surface area (Å²) in [6, 6.07) is -0.567. The number of nitrogens with two attached hydrogens (primary N) is 1. The monoisotopic (exact) mass is 254 g/mol. The van der Waals surface area contributed by atoms with Gasteiger partial charge in [-0.15, -0.1) is 5.10 Å². The number of hydrogen-bond donors (Lipinski definition) is 4. The Morgan fingerprint density at radius 3 is 2.56 bits per heavy atom. The highest BCUT2D eigenvalue weighted by Gasteiger charge is 2.22. The first-order valence-corrected chi connectivity index (χ1v) is 5.61. The zero-order valence-electron chi connectivity index (χ0n) is 10.7. The van der Waals surface area contributed by atoms with E-state index >= 15 is 0 Å². The van der Waals surface area contributed by atoms with Crippen LogP contribution in [0.1, 0.15) is 26.6 Å². The van der Waals surface area contributed by atoms with E-state index in [0.717, 1.165) is 0 Å². The van der Waals surface area contributed by atoms with Gasteiger partial charge >= 0.3 is 0 Å². The van der Waals surface area contributed by atoms with Gasteiger partial charge in [0.15, 0.2) is 0 Å². The summed E-state index contributed by atoms with van der Waals surface area (Å²) in [7, 11) is 0. The summed E-state index contributed by atoms with van der Waals surface area (Å²) >= 11 is 0. The molecule has 5 N–H and O–H groups in total. The smallest absolute Gasteiger partial charge is 0.243 e. The number of amides is 2. The van der Waals surface area contributed by atoms with Crippen LogP contribution < -0.4 is 16.4 Å². The van der Waals surface area contributed by atoms with Crippen LogP contribution in [0, 0.1) is 5.92 Å². The van der Waals surface area contributed by atoms with Crippen LogP contribution in [0.3, 0.4) is 0 Å². The number of aromatic amines is 1. The van der Waals surface area contributed by atoms with Crippen molar-refractivity contribution in [3.8, 4) is 0 Å². The van der Waals surface area contributed by atoms with Crippen molar-refractivity contribution in [3.05, 3.63) is 5.82 Å². The zero-order chi connectivity index (χ0) is 13.7. The van der Waals surface area contributed by atoms with Gasteiger partial charge in [-0.05, 0) is 5.92 Å². The molecule has 0 spiro atoms. The number of rotatable bonds is 5. The van der Waals surface area contributed by atoms with Gasteiger partial charge < -0.3 is 16.4 Å². The van der Waals surface area contributed by atoms with Gasteiger partial charge in [0, 0.05) is 6.92 Å². The van der Waals surface area contributed by atoms with Crippen molar-refractivity contribution in [3.63, 3.8) is 0 Å². The van der Waals surface area contributed by atoms with E-state index in [1.807, 2.05) is 13.8 Å². The minimum Gasteiger partial charge on any atom is -0.367 e. The minimum atomic E-state index is -0.567. The minimum absolute atomic E-state index is 0.00584. The summed E-state index contributed by atoms with van der Waals surface area (Å²) < 4.78 is 0. The second kappa shape index (κ2) is 5.99. The molecule has 1 aromatic heterocycles. The molecule has 0 saturated carbocycles. The number of carbonyl (C=O) groups is 2. The molecule has 1 atom stereocenters. The second-order valence-corrected chi connectivity index (χ2v) is 4.28. The lowest BCUT2D eigenvalue weighted by molar-refractivity contribution is -0.129. The number of nitrogens with zero attached hydrogens (tertiary/aromatic N) is 2. The lowest BCUT2D eigenvalue weighted by Crippen LogP contribution is -2.48. The first-order valence-electron chi connectivity index (χ1n) is 5.61. The predicted octanol–water partition coefficient (Wildman–Crippen LogP) is -0.836. The number of hydrogen-bond acceptors (Lipinski definition) is 5. The summed E-state index contributed by atoms with van der Waals surface area (Å²) in [5.41, 5.74) is 5.34. The van der Waals surface area contributed by atoms with Crippen LogP contribution in [0.2, 0.25) is 0 Å². The average molecular weight is 254 g/mol. The molecule has 0 aliphatic rings. The summed E-state index contributed by atoms with van der Waals surface area (Å²) in [6.07, 6.45) is 0. The molecule has 1 heterocycles. The van der Waals surface area contributed by atoms with Crippen molar-refractivity contribution in [1.29, 1.82) is 0 Å². The molecule has 2 amide bonds. The summed E-state index contributed by atoms with van der Waals surface area (Å²) in [5.74, 6) is 0.0735. The maximum atomic E-state index is 11.9. The molecule has 0 fully saturated rings. The van der Waals surface area contributed by atoms with E-state index in [9.17, 15) is 9.59 Å². The predicted molar refractivity (Wildman–Crippen MR) is 65.1 cm³/mol. The molecule has 1 aromatic rings. The van der Waals surface area contributed by atoms with Crippen molar-refractivity contribution in [2.75, 3.05) is 5.73 Å². The quantitative estimate of drug-likeness (QED) is 0.545. The van der Waals surface area contributed by atoms with Gasteiger partial charge in [0.05, 0.1) is 6.54 Å². The number of nitrogens with one attached hydrogen (secondary N) is 3. The Hall–Kier alpha value is -2.12. The Balaban J connectivity index is 2.53. The molecule has 0 aromatic carbocycles. The fourth-order valence-electron chi connectivity index (χ4n) is 1.42. The molecular weight excluding hydrogens is 236 g/mol. The number of carbonyl (C=O) groups excluding carboxylic acids is 2. The first-order chi connectivity index (χ1) is 8.40. The maximum Gasteiger partial charge on any atom is 0.243 e. The first kappa shape index (κ1) is 13.9. The maximum absolute atomic E-state index is 11.9. The second-order valence-electron chi connectivity index (χ2n) is 4.28. The Labute approximate surface area is 105 Å². The van der Waals surface area contributed by atoms with E-state index in [1.165, 1.54) is 6.92 Å². The number of H-pyrrole nitrogens is 1. The van der Waals surface area contributed by atoms with Gasteiger partial charge in [0.25, 0.3) is 0 Å². The van der Waals surface area contributed by atoms with Gasteiger partial charge in [0.2, 0.25) is 17.8 Å². The molecular formula is C10H18N6O2. The van der Waals surface area contributed by atoms with Crippen molar-refractivity contribution in [2.24, 2.45) is 5.92 Å². The Morgan fingerprint density at radius 1 is 1.44 bits per heavy atom. The molecule has 0 radical (unpaired) electrons. The SMILES string of the molecule is CC(=O)N[C@@H](C(=O)NCc1nc(N)n[nH]1)C(C)C. The molecule has 1 rings (SSSR count). The van der Waals surface area contributed by atoms with Crippen LogP contribution in [-0.4, -0.2) is 33.0 Å². The topological polar surface area (TPSA) is 126 Å². The van der Waals surface area contributed by atoms with Gasteiger partial charge in [-0.3, -0.25) is 14.7 Å². The summed E-state index contributed by atoms with van der Waals surface area (Å²) in [6.45, 7) is 5.27. The van der Waals surface area contributed by atoms with Crippen LogP contribution in [0.15, 0.2) is 0 Å². The van der Waals surface area contributed by atoms with Gasteiger partial charge in [-0.1, -0.05) is 13.8 Å². The largest absolute Gasteiger partial charge is 0.367 e. The van der Waals surface area contributed by atoms with Crippen LogP contribution in [0.25, 0.3) is 0 Å². The molecule has 100 valence electrons. The highest BCUT2D eigenvalue weighted by Crippen LogP contribution is 2.02. The Bertz CT molecular complexity index is 428. The van der Waals surface area contributed by atoms with E-state index in [0.29, 0.717) is 5.82 Å². The van der Waals surface area contributed by atoms with E-state index in [-0.39, 0.29) is 30.2 Å². The molecule has 0 aliphatic heterocycles. The van der Waals surface area contributed by atoms with Gasteiger partial charge in [-0.25, -0.2) is 0 Å². The molecule has 0 saturated heterocycles. The summed E-state index contributed by atoms with van der Waals surface area (Å²) in [4.78, 5) is 26.7. The molecule has 0 unspecified atom stereocenters. The zero-order valence-corrected chi connectivity index (χ0v) is 10.7. The highest BCUT2D eigenvalue weighted by atomic mass is 16.2. The fraction of sp³-hybridized carbons (Fsp3) is 0.600. The lowest BCUT2D eigenvalue weighted by atomic mass is 10.0. The Kier molecular flexibility index (Phi) is 4.64. The van der Waals surface area contributed by atoms with E-state index in [1.54, 1.807) is 0 Å². The molecule has 8 heteroatoms. The lowest BCUT2D eigenvalue weighted by Gasteiger charge is -2.20. The van der Waals surface area contributed by atoms with Crippen molar-refractivity contribution >= 4 is 17.8 Å². The van der Waals surface area contributed by atoms with Gasteiger partial charge in [0.1, 0.15) is 11.9 Å². The van der Waals surface area contributed by atoms with Gasteiger partial charge in [-0.2, -0.15) is 4.98 Å². The van der Waals surface area contributed by atoms with Crippen LogP contribution in [0.4, 0.5) is 5.95 Å². The van der Waals surface area contributed by atoms with Crippen LogP contribution >= 0.6 is 0 Å². The highest BCUT2D eigenvalue weighted by molar-refractivity contribution is 5.86. The number of anilines is 1. The van der Waals surface area contributed by atoms with Crippen LogP contribution in [-0.2, 0) is 16.1 Å². The molecule has 0 aliphatic carbocycles. The van der Waals surface area contributed by atoms with Crippen LogP contribution in [0.5, 0.6) is 0 Å². The van der Waals surface area contributed by atoms with Crippen molar-refractivity contribution < 1.29 is 9.59 Å². The third-order valence-corrected chi connectivity index (χ3v) is 2.29. The van der Waals surface area contributed by atoms with E-state index in [4.69, 9.17) is 5.73 Å².